The predicted octanol–water partition coefficient (Wildman–Crippen LogP) is 5.54. The first kappa shape index (κ1) is 17.8. The zero-order valence-corrected chi connectivity index (χ0v) is 15.2. The summed E-state index contributed by atoms with van der Waals surface area (Å²) in [6, 6.07) is 8.82. The summed E-state index contributed by atoms with van der Waals surface area (Å²) in [5.41, 5.74) is 0.764. The lowest BCUT2D eigenvalue weighted by Gasteiger charge is -2.19. The third kappa shape index (κ3) is 3.66. The molecule has 0 aliphatic rings. The Labute approximate surface area is 148 Å². The van der Waals surface area contributed by atoms with Crippen LogP contribution in [0.1, 0.15) is 26.3 Å². The number of nitrogens with zero attached hydrogens (tertiary/aromatic N) is 3. The van der Waals surface area contributed by atoms with Crippen LogP contribution in [-0.4, -0.2) is 19.3 Å². The molecule has 0 saturated carbocycles. The van der Waals surface area contributed by atoms with Crippen LogP contribution in [0.2, 0.25) is 0 Å². The van der Waals surface area contributed by atoms with Gasteiger partial charge in [-0.1, -0.05) is 39.0 Å². The van der Waals surface area contributed by atoms with Crippen LogP contribution in [0.4, 0.5) is 13.2 Å². The number of imidazole rings is 1. The summed E-state index contributed by atoms with van der Waals surface area (Å²) in [5, 5.41) is 0. The molecule has 0 aliphatic carbocycles. The third-order valence-electron chi connectivity index (χ3n) is 3.58. The molecule has 0 bridgehead atoms. The third-order valence-corrected chi connectivity index (χ3v) is 4.77. The molecule has 25 heavy (non-hydrogen) atoms. The number of hydrogen-bond acceptors (Lipinski definition) is 3. The van der Waals surface area contributed by atoms with E-state index in [9.17, 15) is 13.2 Å². The van der Waals surface area contributed by atoms with Crippen molar-refractivity contribution in [3.8, 4) is 11.4 Å². The molecule has 0 N–H and O–H groups in total. The fourth-order valence-corrected chi connectivity index (χ4v) is 3.62. The Bertz CT molecular complexity index is 923. The van der Waals surface area contributed by atoms with E-state index in [2.05, 4.69) is 30.7 Å². The highest BCUT2D eigenvalue weighted by atomic mass is 32.2. The van der Waals surface area contributed by atoms with Crippen molar-refractivity contribution >= 4 is 22.9 Å². The highest BCUT2D eigenvalue weighted by Gasteiger charge is 2.32. The number of hydrogen-bond donors (Lipinski definition) is 0. The summed E-state index contributed by atoms with van der Waals surface area (Å²) in [5.74, 6) is 0.606. The van der Waals surface area contributed by atoms with Crippen molar-refractivity contribution in [1.29, 1.82) is 0 Å². The van der Waals surface area contributed by atoms with Crippen molar-refractivity contribution < 1.29 is 13.2 Å². The molecule has 0 unspecified atom stereocenters. The van der Waals surface area contributed by atoms with Crippen molar-refractivity contribution in [3.05, 3.63) is 42.1 Å². The number of pyridine rings is 1. The van der Waals surface area contributed by atoms with E-state index in [0.717, 1.165) is 22.7 Å². The van der Waals surface area contributed by atoms with E-state index in [1.165, 1.54) is 0 Å². The molecule has 7 heteroatoms. The second-order valence-corrected chi connectivity index (χ2v) is 8.64. The summed E-state index contributed by atoms with van der Waals surface area (Å²) in [7, 11) is 1.77. The second kappa shape index (κ2) is 6.05. The van der Waals surface area contributed by atoms with E-state index in [-0.39, 0.29) is 10.3 Å². The van der Waals surface area contributed by atoms with Crippen LogP contribution in [0, 0.1) is 0 Å². The maximum absolute atomic E-state index is 12.9. The minimum atomic E-state index is -4.43. The summed E-state index contributed by atoms with van der Waals surface area (Å²) in [6.07, 6.45) is -3.58. The molecule has 0 amide bonds. The fraction of sp³-hybridized carbons (Fsp3) is 0.333. The van der Waals surface area contributed by atoms with Gasteiger partial charge in [-0.2, -0.15) is 13.2 Å². The zero-order valence-electron chi connectivity index (χ0n) is 14.3. The number of thioether (sulfide) groups is 1. The number of alkyl halides is 3. The number of benzene rings is 1. The fourth-order valence-electron chi connectivity index (χ4n) is 2.54. The van der Waals surface area contributed by atoms with E-state index < -0.39 is 11.7 Å². The smallest absolute Gasteiger partial charge is 0.312 e. The molecule has 0 fully saturated rings. The van der Waals surface area contributed by atoms with Crippen LogP contribution in [-0.2, 0) is 13.2 Å². The van der Waals surface area contributed by atoms with Gasteiger partial charge in [-0.25, -0.2) is 9.97 Å². The average molecular weight is 365 g/mol. The lowest BCUT2D eigenvalue weighted by molar-refractivity contribution is -0.137. The lowest BCUT2D eigenvalue weighted by Crippen LogP contribution is -2.07. The Balaban J connectivity index is 2.16. The summed E-state index contributed by atoms with van der Waals surface area (Å²) >= 11 is 1.69. The molecule has 3 aromatic rings. The van der Waals surface area contributed by atoms with E-state index >= 15 is 0 Å². The molecule has 2 aromatic heterocycles. The molecule has 132 valence electrons. The van der Waals surface area contributed by atoms with Gasteiger partial charge in [0.15, 0.2) is 5.65 Å². The van der Waals surface area contributed by atoms with Crippen molar-refractivity contribution in [1.82, 2.24) is 14.5 Å². The Morgan fingerprint density at radius 1 is 1.08 bits per heavy atom. The molecule has 0 spiro atoms. The summed E-state index contributed by atoms with van der Waals surface area (Å²) in [4.78, 5) is 9.44. The molecule has 1 aromatic carbocycles. The van der Waals surface area contributed by atoms with Crippen LogP contribution in [0.3, 0.4) is 0 Å². The van der Waals surface area contributed by atoms with Gasteiger partial charge in [-0.15, -0.1) is 11.8 Å². The molecule has 0 atom stereocenters. The maximum atomic E-state index is 12.9. The van der Waals surface area contributed by atoms with E-state index in [4.69, 9.17) is 0 Å². The maximum Gasteiger partial charge on any atom is 0.417 e. The van der Waals surface area contributed by atoms with Crippen molar-refractivity contribution in [3.63, 3.8) is 0 Å². The van der Waals surface area contributed by atoms with Gasteiger partial charge < -0.3 is 4.57 Å². The largest absolute Gasteiger partial charge is 0.417 e. The Morgan fingerprint density at radius 3 is 2.40 bits per heavy atom. The molecule has 0 saturated heterocycles. The van der Waals surface area contributed by atoms with Gasteiger partial charge >= 0.3 is 6.18 Å². The van der Waals surface area contributed by atoms with Gasteiger partial charge in [0, 0.05) is 28.5 Å². The molecule has 3 rings (SSSR count). The topological polar surface area (TPSA) is 30.7 Å². The van der Waals surface area contributed by atoms with Crippen LogP contribution in [0.15, 0.2) is 41.4 Å². The number of fused-ring (bicyclic) bond motifs is 1. The molecule has 0 aliphatic heterocycles. The molecule has 3 nitrogen and oxygen atoms in total. The van der Waals surface area contributed by atoms with Gasteiger partial charge in [0.05, 0.1) is 5.56 Å². The number of aryl methyl sites for hydroxylation is 1. The standard InChI is InChI=1S/C18H18F3N3S/c1-17(2,3)25-14-8-6-5-7-12(14)15-23-13-9-11(18(19,20)21)10-22-16(13)24(15)4/h5-10H,1-4H3. The summed E-state index contributed by atoms with van der Waals surface area (Å²) < 4.78 is 40.5. The lowest BCUT2D eigenvalue weighted by atomic mass is 10.2. The highest BCUT2D eigenvalue weighted by molar-refractivity contribution is 8.00. The van der Waals surface area contributed by atoms with E-state index in [0.29, 0.717) is 11.5 Å². The van der Waals surface area contributed by atoms with Crippen LogP contribution in [0.5, 0.6) is 0 Å². The van der Waals surface area contributed by atoms with Gasteiger partial charge in [0.25, 0.3) is 0 Å². The van der Waals surface area contributed by atoms with Crippen molar-refractivity contribution in [2.45, 2.75) is 36.6 Å². The van der Waals surface area contributed by atoms with Crippen LogP contribution in [0.25, 0.3) is 22.6 Å². The summed E-state index contributed by atoms with van der Waals surface area (Å²) in [6.45, 7) is 6.33. The first-order chi connectivity index (χ1) is 11.6. The number of halogens is 3. The number of rotatable bonds is 2. The normalized spacial score (nSPS) is 12.8. The van der Waals surface area contributed by atoms with Gasteiger partial charge in [-0.3, -0.25) is 0 Å². The minimum absolute atomic E-state index is 0.00238. The quantitative estimate of drug-likeness (QED) is 0.558. The molecule has 0 radical (unpaired) electrons. The second-order valence-electron chi connectivity index (χ2n) is 6.77. The van der Waals surface area contributed by atoms with Crippen LogP contribution < -0.4 is 0 Å². The average Bonchev–Trinajstić information content (AvgIpc) is 2.82. The van der Waals surface area contributed by atoms with Crippen molar-refractivity contribution in [2.24, 2.45) is 7.05 Å². The van der Waals surface area contributed by atoms with Crippen molar-refractivity contribution in [2.75, 3.05) is 0 Å². The molecular weight excluding hydrogens is 347 g/mol. The Kier molecular flexibility index (Phi) is 4.31. The van der Waals surface area contributed by atoms with Gasteiger partial charge in [-0.05, 0) is 12.1 Å². The predicted molar refractivity (Wildman–Crippen MR) is 94.6 cm³/mol. The molecular formula is C18H18F3N3S. The molecule has 2 heterocycles. The Hall–Kier alpha value is -2.02. The van der Waals surface area contributed by atoms with E-state index in [1.807, 2.05) is 24.3 Å². The van der Waals surface area contributed by atoms with Gasteiger partial charge in [0.1, 0.15) is 11.3 Å². The van der Waals surface area contributed by atoms with Crippen LogP contribution >= 0.6 is 11.8 Å². The SMILES string of the molecule is Cn1c(-c2ccccc2SC(C)(C)C)nc2cc(C(F)(F)F)cnc21. The first-order valence-electron chi connectivity index (χ1n) is 7.74. The first-order valence-corrected chi connectivity index (χ1v) is 8.56. The monoisotopic (exact) mass is 365 g/mol. The highest BCUT2D eigenvalue weighted by Crippen LogP contribution is 2.39. The Morgan fingerprint density at radius 2 is 1.76 bits per heavy atom. The van der Waals surface area contributed by atoms with Gasteiger partial charge in [0.2, 0.25) is 0 Å². The number of aromatic nitrogens is 3. The zero-order chi connectivity index (χ0) is 18.4. The minimum Gasteiger partial charge on any atom is -0.312 e. The van der Waals surface area contributed by atoms with E-state index in [1.54, 1.807) is 23.4 Å².